The van der Waals surface area contributed by atoms with Crippen LogP contribution in [-0.4, -0.2) is 60.5 Å². The first-order chi connectivity index (χ1) is 24.2. The zero-order valence-corrected chi connectivity index (χ0v) is 31.3. The Hall–Kier alpha value is -4.41. The summed E-state index contributed by atoms with van der Waals surface area (Å²) in [6, 6.07) is 20.1. The summed E-state index contributed by atoms with van der Waals surface area (Å²) in [5.41, 5.74) is 5.61. The maximum absolute atomic E-state index is 12.1. The van der Waals surface area contributed by atoms with E-state index in [1.54, 1.807) is 36.4 Å². The first-order valence-corrected chi connectivity index (χ1v) is 19.4. The van der Waals surface area contributed by atoms with Gasteiger partial charge in [0, 0.05) is 60.4 Å². The Balaban J connectivity index is 1.41. The van der Waals surface area contributed by atoms with E-state index in [0.29, 0.717) is 26.1 Å². The quantitative estimate of drug-likeness (QED) is 0.0787. The second-order valence-electron chi connectivity index (χ2n) is 14.4. The van der Waals surface area contributed by atoms with Gasteiger partial charge in [0.2, 0.25) is 11.6 Å². The number of hydrogen-bond donors (Lipinski definition) is 3. The van der Waals surface area contributed by atoms with Gasteiger partial charge in [-0.1, -0.05) is 51.5 Å². The highest BCUT2D eigenvalue weighted by Gasteiger charge is 2.44. The van der Waals surface area contributed by atoms with Crippen molar-refractivity contribution in [2.75, 3.05) is 31.1 Å². The van der Waals surface area contributed by atoms with Gasteiger partial charge in [-0.25, -0.2) is 0 Å². The number of anilines is 1. The van der Waals surface area contributed by atoms with Crippen LogP contribution >= 0.6 is 0 Å². The minimum atomic E-state index is -4.37. The Morgan fingerprint density at radius 1 is 0.941 bits per heavy atom. The normalized spacial score (nSPS) is 16.9. The topological polar surface area (TPSA) is 119 Å². The van der Waals surface area contributed by atoms with E-state index in [-0.39, 0.29) is 22.0 Å². The third-order valence-corrected chi connectivity index (χ3v) is 10.8. The van der Waals surface area contributed by atoms with E-state index in [2.05, 4.69) is 85.0 Å². The summed E-state index contributed by atoms with van der Waals surface area (Å²) in [5, 5.41) is 12.5. The van der Waals surface area contributed by atoms with Crippen molar-refractivity contribution in [3.63, 3.8) is 0 Å². The van der Waals surface area contributed by atoms with Gasteiger partial charge >= 0.3 is 0 Å². The third-order valence-electron chi connectivity index (χ3n) is 9.96. The zero-order chi connectivity index (χ0) is 36.8. The summed E-state index contributed by atoms with van der Waals surface area (Å²) in [6.07, 6.45) is 11.2. The number of nitrogens with one attached hydrogen (secondary N) is 1. The summed E-state index contributed by atoms with van der Waals surface area (Å²) in [5.74, 6) is 1.01. The molecule has 0 fully saturated rings. The molecule has 0 radical (unpaired) electrons. The highest BCUT2D eigenvalue weighted by atomic mass is 32.2. The monoisotopic (exact) mass is 714 g/mol. The van der Waals surface area contributed by atoms with Crippen molar-refractivity contribution in [3.8, 4) is 11.5 Å². The second-order valence-corrected chi connectivity index (χ2v) is 15.8. The molecular weight excluding hydrogens is 663 g/mol. The van der Waals surface area contributed by atoms with E-state index in [0.717, 1.165) is 61.3 Å². The highest BCUT2D eigenvalue weighted by molar-refractivity contribution is 7.85. The molecule has 3 aromatic rings. The number of carbonyl (C=O) groups is 1. The fourth-order valence-electron chi connectivity index (χ4n) is 7.21. The van der Waals surface area contributed by atoms with Gasteiger partial charge in [-0.05, 0) is 87.2 Å². The number of phenolic OH excluding ortho intramolecular Hbond substituents is 1. The van der Waals surface area contributed by atoms with Crippen molar-refractivity contribution >= 4 is 33.1 Å². The molecule has 5 rings (SSSR count). The van der Waals surface area contributed by atoms with Gasteiger partial charge in [0.25, 0.3) is 10.1 Å². The van der Waals surface area contributed by atoms with Gasteiger partial charge in [0.15, 0.2) is 12.3 Å². The third kappa shape index (κ3) is 8.56. The number of carbonyl (C=O) groups excluding carboxylic acids is 1. The molecule has 10 heteroatoms. The predicted octanol–water partition coefficient (Wildman–Crippen LogP) is 7.81. The summed E-state index contributed by atoms with van der Waals surface area (Å²) in [7, 11) is -4.37. The molecule has 0 saturated carbocycles. The van der Waals surface area contributed by atoms with E-state index in [1.807, 2.05) is 6.92 Å². The molecule has 0 atom stereocenters. The Labute approximate surface area is 303 Å². The molecule has 3 N–H and O–H groups in total. The maximum Gasteiger partial charge on any atom is 0.294 e. The number of phenols is 1. The van der Waals surface area contributed by atoms with Gasteiger partial charge in [-0.15, -0.1) is 0 Å². The van der Waals surface area contributed by atoms with Crippen molar-refractivity contribution in [2.45, 2.75) is 88.9 Å². The summed E-state index contributed by atoms with van der Waals surface area (Å²) >= 11 is 0. The van der Waals surface area contributed by atoms with Crippen LogP contribution in [0.5, 0.6) is 11.5 Å². The smallest absolute Gasteiger partial charge is 0.294 e. The molecule has 0 saturated heterocycles. The second kappa shape index (κ2) is 15.9. The number of allylic oxidation sites excluding steroid dienone is 4. The lowest BCUT2D eigenvalue weighted by Gasteiger charge is -2.27. The van der Waals surface area contributed by atoms with Gasteiger partial charge in [0.05, 0.1) is 16.9 Å². The first-order valence-electron chi connectivity index (χ1n) is 18.0. The molecule has 0 unspecified atom stereocenters. The first kappa shape index (κ1) is 37.8. The van der Waals surface area contributed by atoms with Gasteiger partial charge in [-0.2, -0.15) is 13.0 Å². The van der Waals surface area contributed by atoms with Crippen LogP contribution in [0.25, 0.3) is 0 Å². The lowest BCUT2D eigenvalue weighted by atomic mass is 9.81. The largest absolute Gasteiger partial charge is 0.508 e. The van der Waals surface area contributed by atoms with Crippen LogP contribution in [0.1, 0.15) is 84.3 Å². The number of fused-ring (bicyclic) bond motifs is 2. The fraction of sp³-hybridized carbons (Fsp3) is 0.415. The number of para-hydroxylation sites is 1. The molecule has 0 bridgehead atoms. The van der Waals surface area contributed by atoms with E-state index >= 15 is 0 Å². The van der Waals surface area contributed by atoms with Gasteiger partial charge in [-0.3, -0.25) is 9.35 Å². The van der Waals surface area contributed by atoms with E-state index in [9.17, 15) is 22.9 Å². The number of benzene rings is 3. The zero-order valence-electron chi connectivity index (χ0n) is 30.5. The Bertz CT molecular complexity index is 1930. The molecule has 51 heavy (non-hydrogen) atoms. The number of ether oxygens (including phenoxy) is 1. The molecule has 0 aliphatic carbocycles. The number of hydrogen-bond acceptors (Lipinski definition) is 6. The Morgan fingerprint density at radius 3 is 2.41 bits per heavy atom. The van der Waals surface area contributed by atoms with Crippen LogP contribution in [-0.2, 0) is 25.7 Å². The summed E-state index contributed by atoms with van der Waals surface area (Å²) in [4.78, 5) is 14.3. The van der Waals surface area contributed by atoms with Crippen LogP contribution in [0.15, 0.2) is 95.6 Å². The fourth-order valence-corrected chi connectivity index (χ4v) is 7.72. The maximum atomic E-state index is 12.1. The van der Waals surface area contributed by atoms with E-state index in [1.165, 1.54) is 23.0 Å². The SMILES string of the molecule is CCCNC(=O)CCCCCN1/C(=C/C=C/C2=[N+](CCCOc3ccc(O)cc3)c3ccccc3C2(C)C)C(C)(C)c2cc(S(=O)(=O)O)ccc21. The number of nitrogens with zero attached hydrogens (tertiary/aromatic N) is 2. The van der Waals surface area contributed by atoms with Crippen molar-refractivity contribution < 1.29 is 32.2 Å². The van der Waals surface area contributed by atoms with Crippen molar-refractivity contribution in [1.82, 2.24) is 5.32 Å². The van der Waals surface area contributed by atoms with Crippen molar-refractivity contribution in [3.05, 3.63) is 102 Å². The Kier molecular flexibility index (Phi) is 11.8. The minimum Gasteiger partial charge on any atom is -0.508 e. The van der Waals surface area contributed by atoms with Crippen LogP contribution < -0.4 is 15.0 Å². The molecule has 2 heterocycles. The number of unbranched alkanes of at least 4 members (excludes halogenated alkanes) is 2. The molecule has 3 aromatic carbocycles. The number of rotatable bonds is 16. The average Bonchev–Trinajstić information content (AvgIpc) is 3.44. The number of amides is 1. The molecule has 2 aliphatic rings. The molecular formula is C41H52N3O6S+. The van der Waals surface area contributed by atoms with Gasteiger partial charge in [0.1, 0.15) is 11.5 Å². The molecule has 1 amide bonds. The molecule has 2 aliphatic heterocycles. The lowest BCUT2D eigenvalue weighted by molar-refractivity contribution is -0.438. The van der Waals surface area contributed by atoms with Gasteiger partial charge < -0.3 is 20.1 Å². The summed E-state index contributed by atoms with van der Waals surface area (Å²) < 4.78 is 42.4. The standard InChI is InChI=1S/C41H51N3O6S/c1-6-25-42-39(46)18-8-7-11-26-43-36-24-23-32(51(47,48)49)29-34(36)41(4,5)38(43)17-12-16-37-40(2,3)33-14-9-10-15-35(33)44(37)27-13-28-50-31-21-19-30(45)20-22-31/h9-10,12,14-17,19-24,29H,6-8,11,13,18,25-28H2,1-5H3,(H2-,42,45,46,47,48,49)/p+1. The van der Waals surface area contributed by atoms with Crippen LogP contribution in [0.3, 0.4) is 0 Å². The highest BCUT2D eigenvalue weighted by Crippen LogP contribution is 2.49. The van der Waals surface area contributed by atoms with E-state index in [4.69, 9.17) is 4.74 Å². The molecule has 0 spiro atoms. The molecule has 0 aromatic heterocycles. The van der Waals surface area contributed by atoms with Crippen LogP contribution in [0.2, 0.25) is 0 Å². The number of aromatic hydroxyl groups is 1. The minimum absolute atomic E-state index is 0.0846. The Morgan fingerprint density at radius 2 is 1.69 bits per heavy atom. The summed E-state index contributed by atoms with van der Waals surface area (Å²) in [6.45, 7) is 13.4. The van der Waals surface area contributed by atoms with Crippen LogP contribution in [0.4, 0.5) is 11.4 Å². The van der Waals surface area contributed by atoms with Crippen molar-refractivity contribution in [2.24, 2.45) is 0 Å². The van der Waals surface area contributed by atoms with Crippen molar-refractivity contribution in [1.29, 1.82) is 0 Å². The molecule has 272 valence electrons. The lowest BCUT2D eigenvalue weighted by Crippen LogP contribution is -2.28. The molecule has 9 nitrogen and oxygen atoms in total. The van der Waals surface area contributed by atoms with E-state index < -0.39 is 15.5 Å². The van der Waals surface area contributed by atoms with Crippen LogP contribution in [0, 0.1) is 0 Å². The average molecular weight is 715 g/mol. The predicted molar refractivity (Wildman–Crippen MR) is 203 cm³/mol.